The van der Waals surface area contributed by atoms with E-state index in [0.29, 0.717) is 12.0 Å². The average molecular weight is 242 g/mol. The molecule has 1 fully saturated rings. The first kappa shape index (κ1) is 11.9. The van der Waals surface area contributed by atoms with Crippen LogP contribution in [0.4, 0.5) is 0 Å². The fourth-order valence-corrected chi connectivity index (χ4v) is 2.57. The molecule has 0 amide bonds. The second kappa shape index (κ2) is 5.19. The van der Waals surface area contributed by atoms with E-state index in [1.54, 1.807) is 0 Å². The minimum atomic E-state index is 0.445. The van der Waals surface area contributed by atoms with Crippen molar-refractivity contribution in [2.45, 2.75) is 51.6 Å². The minimum Gasteiger partial charge on any atom is -0.312 e. The van der Waals surface area contributed by atoms with E-state index in [-0.39, 0.29) is 0 Å². The van der Waals surface area contributed by atoms with E-state index in [2.05, 4.69) is 24.3 Å². The molecule has 1 N–H and O–H groups in total. The molecular weight excluding hydrogens is 222 g/mol. The van der Waals surface area contributed by atoms with Crippen molar-refractivity contribution < 1.29 is 0 Å². The van der Waals surface area contributed by atoms with Crippen LogP contribution >= 0.6 is 11.6 Å². The highest BCUT2D eigenvalue weighted by atomic mass is 35.5. The molecule has 0 bridgehead atoms. The monoisotopic (exact) mass is 241 g/mol. The van der Waals surface area contributed by atoms with Crippen LogP contribution in [0.1, 0.15) is 44.6 Å². The second-order valence-corrected chi connectivity index (χ2v) is 5.23. The average Bonchev–Trinajstić information content (AvgIpc) is 2.62. The summed E-state index contributed by atoms with van der Waals surface area (Å²) >= 11 is 6.31. The zero-order valence-electron chi connectivity index (χ0n) is 10.0. The lowest BCUT2D eigenvalue weighted by atomic mass is 10.1. The van der Waals surface area contributed by atoms with E-state index in [9.17, 15) is 0 Å². The van der Waals surface area contributed by atoms with Gasteiger partial charge in [-0.15, -0.1) is 0 Å². The van der Waals surface area contributed by atoms with Crippen LogP contribution in [0, 0.1) is 0 Å². The van der Waals surface area contributed by atoms with Gasteiger partial charge in [-0.1, -0.05) is 31.9 Å². The van der Waals surface area contributed by atoms with Gasteiger partial charge in [0.1, 0.15) is 5.15 Å². The van der Waals surface area contributed by atoms with E-state index in [0.717, 1.165) is 23.8 Å². The number of nitrogens with zero attached hydrogens (tertiary/aromatic N) is 2. The fraction of sp³-hybridized carbons (Fsp3) is 0.750. The Morgan fingerprint density at radius 2 is 2.38 bits per heavy atom. The molecule has 1 aliphatic rings. The van der Waals surface area contributed by atoms with Crippen molar-refractivity contribution in [2.24, 2.45) is 0 Å². The molecule has 1 aromatic heterocycles. The number of rotatable bonds is 3. The summed E-state index contributed by atoms with van der Waals surface area (Å²) in [4.78, 5) is 0. The van der Waals surface area contributed by atoms with Gasteiger partial charge in [-0.2, -0.15) is 5.10 Å². The van der Waals surface area contributed by atoms with Gasteiger partial charge in [0.2, 0.25) is 0 Å². The van der Waals surface area contributed by atoms with E-state index in [1.165, 1.54) is 19.3 Å². The summed E-state index contributed by atoms with van der Waals surface area (Å²) in [5.74, 6) is 0.445. The number of halogens is 1. The molecule has 0 aromatic carbocycles. The van der Waals surface area contributed by atoms with Gasteiger partial charge in [0.15, 0.2) is 0 Å². The maximum Gasteiger partial charge on any atom is 0.130 e. The summed E-state index contributed by atoms with van der Waals surface area (Å²) in [6.45, 7) is 6.31. The van der Waals surface area contributed by atoms with Crippen LogP contribution in [-0.4, -0.2) is 22.4 Å². The Morgan fingerprint density at radius 3 is 2.94 bits per heavy atom. The molecule has 1 saturated heterocycles. The second-order valence-electron chi connectivity index (χ2n) is 4.87. The highest BCUT2D eigenvalue weighted by Crippen LogP contribution is 2.24. The molecular formula is C12H20ClN3. The molecule has 1 aromatic rings. The van der Waals surface area contributed by atoms with E-state index < -0.39 is 0 Å². The molecule has 3 nitrogen and oxygen atoms in total. The van der Waals surface area contributed by atoms with Crippen molar-refractivity contribution >= 4 is 11.6 Å². The quantitative estimate of drug-likeness (QED) is 0.882. The summed E-state index contributed by atoms with van der Waals surface area (Å²) in [5.41, 5.74) is 1.15. The summed E-state index contributed by atoms with van der Waals surface area (Å²) in [6.07, 6.45) is 5.73. The molecule has 2 rings (SSSR count). The SMILES string of the molecule is CC(C)c1cnn(CC2CCCCN2)c1Cl. The number of hydrogen-bond donors (Lipinski definition) is 1. The minimum absolute atomic E-state index is 0.445. The van der Waals surface area contributed by atoms with Gasteiger partial charge in [0.25, 0.3) is 0 Å². The van der Waals surface area contributed by atoms with Crippen LogP contribution in [0.2, 0.25) is 5.15 Å². The lowest BCUT2D eigenvalue weighted by molar-refractivity contribution is 0.351. The molecule has 0 spiro atoms. The molecule has 0 radical (unpaired) electrons. The smallest absolute Gasteiger partial charge is 0.130 e. The number of piperidine rings is 1. The van der Waals surface area contributed by atoms with Gasteiger partial charge in [0.05, 0.1) is 12.7 Å². The Balaban J connectivity index is 2.03. The van der Waals surface area contributed by atoms with Crippen molar-refractivity contribution in [1.29, 1.82) is 0 Å². The molecule has 1 unspecified atom stereocenters. The summed E-state index contributed by atoms with van der Waals surface area (Å²) in [5, 5.41) is 8.70. The van der Waals surface area contributed by atoms with Gasteiger partial charge >= 0.3 is 0 Å². The Hall–Kier alpha value is -0.540. The van der Waals surface area contributed by atoms with E-state index >= 15 is 0 Å². The molecule has 90 valence electrons. The van der Waals surface area contributed by atoms with Crippen molar-refractivity contribution in [3.63, 3.8) is 0 Å². The Kier molecular flexibility index (Phi) is 3.87. The van der Waals surface area contributed by atoms with Gasteiger partial charge in [-0.25, -0.2) is 0 Å². The maximum atomic E-state index is 6.31. The summed E-state index contributed by atoms with van der Waals surface area (Å²) in [7, 11) is 0. The van der Waals surface area contributed by atoms with Crippen LogP contribution in [0.5, 0.6) is 0 Å². The van der Waals surface area contributed by atoms with Crippen molar-refractivity contribution in [3.8, 4) is 0 Å². The van der Waals surface area contributed by atoms with Crippen LogP contribution in [-0.2, 0) is 6.54 Å². The molecule has 0 saturated carbocycles. The standard InChI is InChI=1S/C12H20ClN3/c1-9(2)11-7-15-16(12(11)13)8-10-5-3-4-6-14-10/h7,9-10,14H,3-6,8H2,1-2H3. The van der Waals surface area contributed by atoms with Gasteiger partial charge in [-0.3, -0.25) is 4.68 Å². The molecule has 4 heteroatoms. The molecule has 1 aliphatic heterocycles. The zero-order valence-corrected chi connectivity index (χ0v) is 10.8. The van der Waals surface area contributed by atoms with Crippen molar-refractivity contribution in [3.05, 3.63) is 16.9 Å². The predicted molar refractivity (Wildman–Crippen MR) is 67.0 cm³/mol. The third-order valence-corrected chi connectivity index (χ3v) is 3.64. The molecule has 1 atom stereocenters. The Bertz CT molecular complexity index is 340. The third-order valence-electron chi connectivity index (χ3n) is 3.23. The van der Waals surface area contributed by atoms with Gasteiger partial charge in [0, 0.05) is 11.6 Å². The fourth-order valence-electron chi connectivity index (χ4n) is 2.19. The molecule has 16 heavy (non-hydrogen) atoms. The van der Waals surface area contributed by atoms with Gasteiger partial charge < -0.3 is 5.32 Å². The van der Waals surface area contributed by atoms with Crippen LogP contribution < -0.4 is 5.32 Å². The summed E-state index contributed by atoms with van der Waals surface area (Å²) in [6, 6.07) is 0.533. The Morgan fingerprint density at radius 1 is 1.56 bits per heavy atom. The maximum absolute atomic E-state index is 6.31. The highest BCUT2D eigenvalue weighted by molar-refractivity contribution is 6.30. The van der Waals surface area contributed by atoms with Crippen molar-refractivity contribution in [2.75, 3.05) is 6.54 Å². The normalized spacial score (nSPS) is 21.6. The Labute approximate surface area is 102 Å². The van der Waals surface area contributed by atoms with Gasteiger partial charge in [-0.05, 0) is 25.3 Å². The molecule has 2 heterocycles. The molecule has 0 aliphatic carbocycles. The zero-order chi connectivity index (χ0) is 11.5. The van der Waals surface area contributed by atoms with Crippen LogP contribution in [0.25, 0.3) is 0 Å². The predicted octanol–water partition coefficient (Wildman–Crippen LogP) is 2.80. The number of hydrogen-bond acceptors (Lipinski definition) is 2. The topological polar surface area (TPSA) is 29.9 Å². The number of nitrogens with one attached hydrogen (secondary N) is 1. The van der Waals surface area contributed by atoms with Crippen molar-refractivity contribution in [1.82, 2.24) is 15.1 Å². The largest absolute Gasteiger partial charge is 0.312 e. The van der Waals surface area contributed by atoms with Crippen LogP contribution in [0.15, 0.2) is 6.20 Å². The van der Waals surface area contributed by atoms with E-state index in [1.807, 2.05) is 10.9 Å². The highest BCUT2D eigenvalue weighted by Gasteiger charge is 2.17. The first-order valence-corrected chi connectivity index (χ1v) is 6.51. The van der Waals surface area contributed by atoms with E-state index in [4.69, 9.17) is 11.6 Å². The van der Waals surface area contributed by atoms with Crippen LogP contribution in [0.3, 0.4) is 0 Å². The third kappa shape index (κ3) is 2.58. The summed E-state index contributed by atoms with van der Waals surface area (Å²) < 4.78 is 1.93. The number of aromatic nitrogens is 2. The lowest BCUT2D eigenvalue weighted by Crippen LogP contribution is -2.37. The first-order chi connectivity index (χ1) is 7.68. The lowest BCUT2D eigenvalue weighted by Gasteiger charge is -2.23. The first-order valence-electron chi connectivity index (χ1n) is 6.13.